The number of hydrogen-bond acceptors (Lipinski definition) is 2. The van der Waals surface area contributed by atoms with Gasteiger partial charge >= 0.3 is 0 Å². The summed E-state index contributed by atoms with van der Waals surface area (Å²) in [6, 6.07) is 11.9. The maximum atomic E-state index is 11.1. The second-order valence-electron chi connectivity index (χ2n) is 3.86. The Morgan fingerprint density at radius 2 is 2.11 bits per heavy atom. The number of rotatable bonds is 4. The van der Waals surface area contributed by atoms with Crippen LogP contribution in [0.3, 0.4) is 0 Å². The number of benzene rings is 1. The number of carbonyl (C=O) groups excluding carboxylic acids is 1. The summed E-state index contributed by atoms with van der Waals surface area (Å²) in [5.41, 5.74) is 3.20. The highest BCUT2D eigenvalue weighted by Crippen LogP contribution is 2.18. The second kappa shape index (κ2) is 5.77. The Morgan fingerprint density at radius 1 is 1.28 bits per heavy atom. The van der Waals surface area contributed by atoms with E-state index in [0.29, 0.717) is 6.54 Å². The van der Waals surface area contributed by atoms with E-state index >= 15 is 0 Å². The zero-order valence-corrected chi connectivity index (χ0v) is 9.97. The molecular formula is C15H14N2O. The molecule has 1 aromatic heterocycles. The van der Waals surface area contributed by atoms with Crippen LogP contribution in [0.2, 0.25) is 0 Å². The van der Waals surface area contributed by atoms with Crippen molar-refractivity contribution in [1.82, 2.24) is 10.3 Å². The largest absolute Gasteiger partial charge is 0.348 e. The van der Waals surface area contributed by atoms with Gasteiger partial charge in [-0.1, -0.05) is 30.8 Å². The minimum atomic E-state index is -0.165. The Kier molecular flexibility index (Phi) is 3.86. The van der Waals surface area contributed by atoms with E-state index in [2.05, 4.69) is 16.9 Å². The zero-order chi connectivity index (χ0) is 12.8. The van der Waals surface area contributed by atoms with E-state index in [0.717, 1.165) is 16.7 Å². The maximum absolute atomic E-state index is 11.1. The lowest BCUT2D eigenvalue weighted by atomic mass is 10.0. The monoisotopic (exact) mass is 238 g/mol. The topological polar surface area (TPSA) is 42.0 Å². The molecule has 0 aliphatic rings. The molecule has 0 saturated carbocycles. The highest BCUT2D eigenvalue weighted by molar-refractivity contribution is 5.86. The summed E-state index contributed by atoms with van der Waals surface area (Å²) in [5, 5.41) is 2.75. The van der Waals surface area contributed by atoms with Crippen molar-refractivity contribution in [3.8, 4) is 11.1 Å². The third kappa shape index (κ3) is 3.04. The van der Waals surface area contributed by atoms with Crippen molar-refractivity contribution in [3.63, 3.8) is 0 Å². The summed E-state index contributed by atoms with van der Waals surface area (Å²) in [4.78, 5) is 15.2. The molecular weight excluding hydrogens is 224 g/mol. The van der Waals surface area contributed by atoms with Gasteiger partial charge in [-0.2, -0.15) is 0 Å². The van der Waals surface area contributed by atoms with E-state index in [-0.39, 0.29) is 5.91 Å². The lowest BCUT2D eigenvalue weighted by molar-refractivity contribution is -0.116. The van der Waals surface area contributed by atoms with Crippen molar-refractivity contribution in [2.24, 2.45) is 0 Å². The Hall–Kier alpha value is -2.42. The van der Waals surface area contributed by atoms with Crippen LogP contribution in [0.1, 0.15) is 5.56 Å². The molecule has 1 amide bonds. The normalized spacial score (nSPS) is 9.78. The molecule has 1 N–H and O–H groups in total. The smallest absolute Gasteiger partial charge is 0.243 e. The highest BCUT2D eigenvalue weighted by Gasteiger charge is 2.00. The Bertz CT molecular complexity index is 549. The molecule has 90 valence electrons. The molecule has 0 aliphatic heterocycles. The summed E-state index contributed by atoms with van der Waals surface area (Å²) in [7, 11) is 0. The molecule has 2 rings (SSSR count). The molecule has 1 heterocycles. The summed E-state index contributed by atoms with van der Waals surface area (Å²) in [6.07, 6.45) is 4.84. The fourth-order valence-corrected chi connectivity index (χ4v) is 1.66. The van der Waals surface area contributed by atoms with Gasteiger partial charge in [-0.25, -0.2) is 0 Å². The number of pyridine rings is 1. The van der Waals surface area contributed by atoms with Crippen LogP contribution in [-0.2, 0) is 11.3 Å². The van der Waals surface area contributed by atoms with Crippen LogP contribution in [0.25, 0.3) is 11.1 Å². The first kappa shape index (κ1) is 12.0. The molecule has 3 heteroatoms. The van der Waals surface area contributed by atoms with Crippen molar-refractivity contribution in [1.29, 1.82) is 0 Å². The third-order valence-electron chi connectivity index (χ3n) is 2.57. The molecule has 0 bridgehead atoms. The summed E-state index contributed by atoms with van der Waals surface area (Å²) < 4.78 is 0. The van der Waals surface area contributed by atoms with E-state index in [9.17, 15) is 4.79 Å². The molecule has 18 heavy (non-hydrogen) atoms. The second-order valence-corrected chi connectivity index (χ2v) is 3.86. The molecule has 0 unspecified atom stereocenters. The first-order valence-electron chi connectivity index (χ1n) is 5.69. The van der Waals surface area contributed by atoms with E-state index in [1.807, 2.05) is 42.6 Å². The molecule has 2 aromatic rings. The fourth-order valence-electron chi connectivity index (χ4n) is 1.66. The SMILES string of the molecule is C=CC(=O)NCc1cccc(-c2cccnc2)c1. The molecule has 0 saturated heterocycles. The van der Waals surface area contributed by atoms with Crippen LogP contribution >= 0.6 is 0 Å². The number of nitrogens with one attached hydrogen (secondary N) is 1. The van der Waals surface area contributed by atoms with Gasteiger partial charge in [-0.15, -0.1) is 0 Å². The van der Waals surface area contributed by atoms with Gasteiger partial charge in [0, 0.05) is 18.9 Å². The molecule has 0 radical (unpaired) electrons. The summed E-state index contributed by atoms with van der Waals surface area (Å²) >= 11 is 0. The number of nitrogens with zero attached hydrogens (tertiary/aromatic N) is 1. The van der Waals surface area contributed by atoms with Crippen LogP contribution in [0.4, 0.5) is 0 Å². The predicted molar refractivity (Wildman–Crippen MR) is 71.7 cm³/mol. The molecule has 1 aromatic carbocycles. The Morgan fingerprint density at radius 3 is 2.83 bits per heavy atom. The number of carbonyl (C=O) groups is 1. The van der Waals surface area contributed by atoms with E-state index in [4.69, 9.17) is 0 Å². The van der Waals surface area contributed by atoms with Gasteiger partial charge in [-0.05, 0) is 34.9 Å². The Labute approximate surface area is 106 Å². The highest BCUT2D eigenvalue weighted by atomic mass is 16.1. The van der Waals surface area contributed by atoms with Crippen LogP contribution < -0.4 is 5.32 Å². The minimum Gasteiger partial charge on any atom is -0.348 e. The van der Waals surface area contributed by atoms with Gasteiger partial charge in [0.25, 0.3) is 0 Å². The van der Waals surface area contributed by atoms with E-state index < -0.39 is 0 Å². The quantitative estimate of drug-likeness (QED) is 0.832. The van der Waals surface area contributed by atoms with Crippen molar-refractivity contribution < 1.29 is 4.79 Å². The van der Waals surface area contributed by atoms with Crippen LogP contribution in [0.5, 0.6) is 0 Å². The van der Waals surface area contributed by atoms with Crippen molar-refractivity contribution >= 4 is 5.91 Å². The van der Waals surface area contributed by atoms with Gasteiger partial charge in [0.1, 0.15) is 0 Å². The summed E-state index contributed by atoms with van der Waals surface area (Å²) in [6.45, 7) is 3.92. The van der Waals surface area contributed by atoms with Gasteiger partial charge in [0.15, 0.2) is 0 Å². The van der Waals surface area contributed by atoms with E-state index in [1.54, 1.807) is 6.20 Å². The molecule has 0 atom stereocenters. The van der Waals surface area contributed by atoms with Crippen LogP contribution in [0.15, 0.2) is 61.4 Å². The fraction of sp³-hybridized carbons (Fsp3) is 0.0667. The van der Waals surface area contributed by atoms with Crippen LogP contribution in [-0.4, -0.2) is 10.9 Å². The number of amides is 1. The van der Waals surface area contributed by atoms with Gasteiger partial charge < -0.3 is 5.32 Å². The third-order valence-corrected chi connectivity index (χ3v) is 2.57. The first-order valence-corrected chi connectivity index (χ1v) is 5.69. The molecule has 0 spiro atoms. The van der Waals surface area contributed by atoms with Crippen molar-refractivity contribution in [2.45, 2.75) is 6.54 Å². The number of hydrogen-bond donors (Lipinski definition) is 1. The summed E-state index contributed by atoms with van der Waals surface area (Å²) in [5.74, 6) is -0.165. The van der Waals surface area contributed by atoms with E-state index in [1.165, 1.54) is 6.08 Å². The Balaban J connectivity index is 2.15. The van der Waals surface area contributed by atoms with Gasteiger partial charge in [-0.3, -0.25) is 9.78 Å². The first-order chi connectivity index (χ1) is 8.79. The zero-order valence-electron chi connectivity index (χ0n) is 9.97. The van der Waals surface area contributed by atoms with Gasteiger partial charge in [0.05, 0.1) is 0 Å². The van der Waals surface area contributed by atoms with Crippen molar-refractivity contribution in [2.75, 3.05) is 0 Å². The average molecular weight is 238 g/mol. The lowest BCUT2D eigenvalue weighted by Gasteiger charge is -2.06. The maximum Gasteiger partial charge on any atom is 0.243 e. The standard InChI is InChI=1S/C15H14N2O/c1-2-15(18)17-10-12-5-3-6-13(9-12)14-7-4-8-16-11-14/h2-9,11H,1,10H2,(H,17,18). The molecule has 0 aliphatic carbocycles. The lowest BCUT2D eigenvalue weighted by Crippen LogP contribution is -2.19. The van der Waals surface area contributed by atoms with Crippen molar-refractivity contribution in [3.05, 3.63) is 67.0 Å². The number of aromatic nitrogens is 1. The van der Waals surface area contributed by atoms with Gasteiger partial charge in [0.2, 0.25) is 5.91 Å². The predicted octanol–water partition coefficient (Wildman–Crippen LogP) is 2.55. The minimum absolute atomic E-state index is 0.165. The average Bonchev–Trinajstić information content (AvgIpc) is 2.46. The molecule has 0 fully saturated rings. The van der Waals surface area contributed by atoms with Crippen LogP contribution in [0, 0.1) is 0 Å². The molecule has 3 nitrogen and oxygen atoms in total.